The highest BCUT2D eigenvalue weighted by atomic mass is 16.4. The molecular weight excluding hydrogens is 410 g/mol. The van der Waals surface area contributed by atoms with Gasteiger partial charge in [0.1, 0.15) is 24.2 Å². The summed E-state index contributed by atoms with van der Waals surface area (Å²) in [5.74, 6) is -4.73. The molecule has 0 saturated carbocycles. The molecule has 0 radical (unpaired) electrons. The third-order valence-electron chi connectivity index (χ3n) is 4.22. The number of nitrogens with two attached hydrogens (primary N) is 2. The summed E-state index contributed by atoms with van der Waals surface area (Å²) in [7, 11) is 0. The second-order valence-corrected chi connectivity index (χ2v) is 6.84. The summed E-state index contributed by atoms with van der Waals surface area (Å²) in [4.78, 5) is 59.1. The van der Waals surface area contributed by atoms with Crippen LogP contribution >= 0.6 is 0 Å². The van der Waals surface area contributed by atoms with Crippen LogP contribution in [-0.4, -0.2) is 70.6 Å². The van der Waals surface area contributed by atoms with Gasteiger partial charge in [-0.25, -0.2) is 4.79 Å². The Morgan fingerprint density at radius 2 is 1.52 bits per heavy atom. The van der Waals surface area contributed by atoms with Gasteiger partial charge >= 0.3 is 5.97 Å². The first-order chi connectivity index (χ1) is 14.5. The molecule has 1 aromatic carbocycles. The highest BCUT2D eigenvalue weighted by Gasteiger charge is 2.29. The quantitative estimate of drug-likeness (QED) is 0.178. The van der Waals surface area contributed by atoms with Gasteiger partial charge in [0.15, 0.2) is 0 Å². The SMILES string of the molecule is CC(NC(=O)C(Cc1ccccc1)NC(=O)C(N)CO)C(=O)NC(CC(N)=O)C(=O)O. The summed E-state index contributed by atoms with van der Waals surface area (Å²) >= 11 is 0. The Bertz CT molecular complexity index is 802. The fourth-order valence-corrected chi connectivity index (χ4v) is 2.50. The van der Waals surface area contributed by atoms with Crippen molar-refractivity contribution in [2.24, 2.45) is 11.5 Å². The lowest BCUT2D eigenvalue weighted by molar-refractivity contribution is -0.143. The van der Waals surface area contributed by atoms with Crippen LogP contribution in [0.3, 0.4) is 0 Å². The number of hydrogen-bond donors (Lipinski definition) is 7. The van der Waals surface area contributed by atoms with Crippen LogP contribution in [0.4, 0.5) is 0 Å². The average molecular weight is 437 g/mol. The fourth-order valence-electron chi connectivity index (χ4n) is 2.50. The van der Waals surface area contributed by atoms with Crippen molar-refractivity contribution in [2.75, 3.05) is 6.61 Å². The number of primary amides is 1. The minimum absolute atomic E-state index is 0.0737. The number of aliphatic carboxylic acids is 1. The fraction of sp³-hybridized carbons (Fsp3) is 0.421. The molecule has 0 saturated heterocycles. The molecule has 4 unspecified atom stereocenters. The Hall–Kier alpha value is -3.51. The number of hydrogen-bond acceptors (Lipinski definition) is 7. The zero-order chi connectivity index (χ0) is 23.6. The van der Waals surface area contributed by atoms with E-state index in [4.69, 9.17) is 21.7 Å². The van der Waals surface area contributed by atoms with Crippen LogP contribution in [0.2, 0.25) is 0 Å². The second kappa shape index (κ2) is 12.2. The smallest absolute Gasteiger partial charge is 0.326 e. The number of aliphatic hydroxyl groups is 1. The van der Waals surface area contributed by atoms with Crippen molar-refractivity contribution < 1.29 is 34.2 Å². The molecule has 12 heteroatoms. The zero-order valence-electron chi connectivity index (χ0n) is 16.9. The predicted molar refractivity (Wildman–Crippen MR) is 108 cm³/mol. The van der Waals surface area contributed by atoms with Crippen molar-refractivity contribution in [1.29, 1.82) is 0 Å². The molecule has 170 valence electrons. The Morgan fingerprint density at radius 3 is 2.03 bits per heavy atom. The van der Waals surface area contributed by atoms with Crippen molar-refractivity contribution in [3.8, 4) is 0 Å². The first kappa shape index (κ1) is 25.5. The maximum atomic E-state index is 12.7. The molecule has 31 heavy (non-hydrogen) atoms. The van der Waals surface area contributed by atoms with E-state index in [1.807, 2.05) is 0 Å². The first-order valence-electron chi connectivity index (χ1n) is 9.37. The van der Waals surface area contributed by atoms with Gasteiger partial charge in [-0.15, -0.1) is 0 Å². The van der Waals surface area contributed by atoms with Crippen molar-refractivity contribution >= 4 is 29.6 Å². The number of aliphatic hydroxyl groups excluding tert-OH is 1. The highest BCUT2D eigenvalue weighted by Crippen LogP contribution is 2.05. The summed E-state index contributed by atoms with van der Waals surface area (Å²) < 4.78 is 0. The summed E-state index contributed by atoms with van der Waals surface area (Å²) in [5.41, 5.74) is 11.2. The van der Waals surface area contributed by atoms with Crippen LogP contribution in [0, 0.1) is 0 Å². The first-order valence-corrected chi connectivity index (χ1v) is 9.37. The lowest BCUT2D eigenvalue weighted by Crippen LogP contribution is -2.57. The van der Waals surface area contributed by atoms with E-state index in [1.54, 1.807) is 30.3 Å². The molecule has 0 aromatic heterocycles. The van der Waals surface area contributed by atoms with Crippen LogP contribution < -0.4 is 27.4 Å². The van der Waals surface area contributed by atoms with Crippen LogP contribution in [-0.2, 0) is 30.4 Å². The van der Waals surface area contributed by atoms with Crippen molar-refractivity contribution in [2.45, 2.75) is 43.9 Å². The predicted octanol–water partition coefficient (Wildman–Crippen LogP) is -3.02. The third kappa shape index (κ3) is 8.80. The van der Waals surface area contributed by atoms with Crippen LogP contribution in [0.5, 0.6) is 0 Å². The van der Waals surface area contributed by atoms with E-state index < -0.39 is 66.8 Å². The van der Waals surface area contributed by atoms with Gasteiger partial charge in [-0.05, 0) is 12.5 Å². The zero-order valence-corrected chi connectivity index (χ0v) is 16.9. The average Bonchev–Trinajstić information content (AvgIpc) is 2.72. The van der Waals surface area contributed by atoms with E-state index in [0.717, 1.165) is 0 Å². The summed E-state index contributed by atoms with van der Waals surface area (Å²) in [6, 6.07) is 3.62. The number of amides is 4. The highest BCUT2D eigenvalue weighted by molar-refractivity contribution is 5.94. The van der Waals surface area contributed by atoms with Crippen molar-refractivity contribution in [3.63, 3.8) is 0 Å². The summed E-state index contributed by atoms with van der Waals surface area (Å²) in [6.07, 6.45) is -0.544. The van der Waals surface area contributed by atoms with Gasteiger partial charge in [0.2, 0.25) is 23.6 Å². The van der Waals surface area contributed by atoms with E-state index in [0.29, 0.717) is 5.56 Å². The number of nitrogens with one attached hydrogen (secondary N) is 3. The second-order valence-electron chi connectivity index (χ2n) is 6.84. The van der Waals surface area contributed by atoms with Gasteiger partial charge in [-0.2, -0.15) is 0 Å². The maximum Gasteiger partial charge on any atom is 0.326 e. The van der Waals surface area contributed by atoms with Gasteiger partial charge < -0.3 is 37.6 Å². The number of carbonyl (C=O) groups is 5. The molecular formula is C19H27N5O7. The van der Waals surface area contributed by atoms with Crippen LogP contribution in [0.15, 0.2) is 30.3 Å². The molecule has 0 heterocycles. The molecule has 0 bridgehead atoms. The number of carbonyl (C=O) groups excluding carboxylic acids is 4. The topological polar surface area (TPSA) is 214 Å². The number of carboxylic acid groups (broad SMARTS) is 1. The minimum Gasteiger partial charge on any atom is -0.480 e. The summed E-state index contributed by atoms with van der Waals surface area (Å²) in [5, 5.41) is 25.0. The standard InChI is InChI=1S/C19H27N5O7/c1-10(16(27)24-14(19(30)31)8-15(21)26)22-18(29)13(23-17(28)12(20)9-25)7-11-5-3-2-4-6-11/h2-6,10,12-14,25H,7-9,20H2,1H3,(H2,21,26)(H,22,29)(H,23,28)(H,24,27)(H,30,31). The minimum atomic E-state index is -1.55. The van der Waals surface area contributed by atoms with Gasteiger partial charge in [0.05, 0.1) is 13.0 Å². The molecule has 0 aliphatic carbocycles. The number of rotatable bonds is 12. The van der Waals surface area contributed by atoms with E-state index in [-0.39, 0.29) is 6.42 Å². The molecule has 9 N–H and O–H groups in total. The molecule has 0 aliphatic heterocycles. The van der Waals surface area contributed by atoms with Gasteiger partial charge in [-0.1, -0.05) is 30.3 Å². The molecule has 0 spiro atoms. The Balaban J connectivity index is 2.87. The van der Waals surface area contributed by atoms with Crippen molar-refractivity contribution in [3.05, 3.63) is 35.9 Å². The maximum absolute atomic E-state index is 12.7. The Morgan fingerprint density at radius 1 is 0.935 bits per heavy atom. The van der Waals surface area contributed by atoms with E-state index in [1.165, 1.54) is 6.92 Å². The molecule has 0 fully saturated rings. The van der Waals surface area contributed by atoms with Crippen molar-refractivity contribution in [1.82, 2.24) is 16.0 Å². The van der Waals surface area contributed by atoms with E-state index in [2.05, 4.69) is 16.0 Å². The summed E-state index contributed by atoms with van der Waals surface area (Å²) in [6.45, 7) is 0.679. The number of carboxylic acids is 1. The molecule has 4 amide bonds. The normalized spacial score (nSPS) is 14.4. The Labute approximate surface area is 178 Å². The van der Waals surface area contributed by atoms with Gasteiger partial charge in [-0.3, -0.25) is 19.2 Å². The van der Waals surface area contributed by atoms with Gasteiger partial charge in [0.25, 0.3) is 0 Å². The van der Waals surface area contributed by atoms with E-state index in [9.17, 15) is 24.0 Å². The lowest BCUT2D eigenvalue weighted by atomic mass is 10.0. The van der Waals surface area contributed by atoms with E-state index >= 15 is 0 Å². The molecule has 1 aromatic rings. The number of benzene rings is 1. The largest absolute Gasteiger partial charge is 0.480 e. The van der Waals surface area contributed by atoms with Gasteiger partial charge in [0, 0.05) is 6.42 Å². The van der Waals surface area contributed by atoms with Crippen LogP contribution in [0.1, 0.15) is 18.9 Å². The molecule has 4 atom stereocenters. The Kier molecular flexibility index (Phi) is 10.1. The lowest BCUT2D eigenvalue weighted by Gasteiger charge is -2.23. The van der Waals surface area contributed by atoms with Crippen LogP contribution in [0.25, 0.3) is 0 Å². The monoisotopic (exact) mass is 437 g/mol. The molecule has 12 nitrogen and oxygen atoms in total. The third-order valence-corrected chi connectivity index (χ3v) is 4.22. The molecule has 1 rings (SSSR count). The molecule has 0 aliphatic rings.